The largest absolute Gasteiger partial charge is 0.463 e. The van der Waals surface area contributed by atoms with Gasteiger partial charge in [-0.2, -0.15) is 0 Å². The summed E-state index contributed by atoms with van der Waals surface area (Å²) in [6.45, 7) is 8.30. The second-order valence-corrected chi connectivity index (χ2v) is 7.64. The van der Waals surface area contributed by atoms with Crippen LogP contribution in [0.15, 0.2) is 11.3 Å². The molecular weight excluding hydrogens is 398 g/mol. The van der Waals surface area contributed by atoms with Crippen molar-refractivity contribution in [1.29, 1.82) is 0 Å². The Hall–Kier alpha value is -2.88. The smallest absolute Gasteiger partial charge is 0.341 e. The molecule has 0 saturated carbocycles. The fraction of sp³-hybridized carbons (Fsp3) is 0.474. The minimum absolute atomic E-state index is 0.174. The minimum Gasteiger partial charge on any atom is -0.463 e. The summed E-state index contributed by atoms with van der Waals surface area (Å²) in [7, 11) is 0. The number of amides is 3. The molecule has 1 atom stereocenters. The Balaban J connectivity index is 2.30. The predicted octanol–water partition coefficient (Wildman–Crippen LogP) is 2.39. The van der Waals surface area contributed by atoms with Gasteiger partial charge >= 0.3 is 18.0 Å². The fourth-order valence-electron chi connectivity index (χ4n) is 2.91. The number of hydrogen-bond acceptors (Lipinski definition) is 7. The first-order valence-corrected chi connectivity index (χ1v) is 10.0. The Morgan fingerprint density at radius 3 is 2.41 bits per heavy atom. The molecule has 0 aromatic carbocycles. The summed E-state index contributed by atoms with van der Waals surface area (Å²) in [5, 5.41) is 8.22. The number of rotatable bonds is 7. The number of thiophene rings is 1. The lowest BCUT2D eigenvalue weighted by atomic mass is 10.0. The average molecular weight is 423 g/mol. The van der Waals surface area contributed by atoms with E-state index in [-0.39, 0.29) is 36.0 Å². The average Bonchev–Trinajstić information content (AvgIpc) is 2.92. The number of esters is 2. The minimum atomic E-state index is -0.660. The van der Waals surface area contributed by atoms with Gasteiger partial charge in [-0.25, -0.2) is 14.4 Å². The van der Waals surface area contributed by atoms with Gasteiger partial charge < -0.3 is 25.4 Å². The molecule has 1 aliphatic heterocycles. The predicted molar refractivity (Wildman–Crippen MR) is 108 cm³/mol. The molecule has 10 heteroatoms. The first kappa shape index (κ1) is 22.4. The number of anilines is 1. The first-order chi connectivity index (χ1) is 13.7. The van der Waals surface area contributed by atoms with Gasteiger partial charge in [0.2, 0.25) is 5.91 Å². The second kappa shape index (κ2) is 9.55. The molecule has 0 saturated heterocycles. The molecule has 2 heterocycles. The standard InChI is InChI=1S/C19H25N3O6S/c1-6-12-15(18(25)27-7-2)13(22-19(26)21-12)8-28-17(24)14-9(3)10(4)29-16(14)20-11(5)23/h12H,6-8H2,1-5H3,(H,20,23)(H2,21,22,26)/t12-/m0/s1. The lowest BCUT2D eigenvalue weighted by Gasteiger charge is -2.28. The van der Waals surface area contributed by atoms with Crippen LogP contribution in [-0.2, 0) is 19.1 Å². The Morgan fingerprint density at radius 1 is 1.14 bits per heavy atom. The normalized spacial score (nSPS) is 16.0. The molecule has 0 aliphatic carbocycles. The van der Waals surface area contributed by atoms with E-state index in [1.165, 1.54) is 18.3 Å². The zero-order chi connectivity index (χ0) is 21.7. The quantitative estimate of drug-likeness (QED) is 0.579. The van der Waals surface area contributed by atoms with Gasteiger partial charge in [0.1, 0.15) is 11.6 Å². The third kappa shape index (κ3) is 5.14. The molecule has 0 unspecified atom stereocenters. The topological polar surface area (TPSA) is 123 Å². The van der Waals surface area contributed by atoms with E-state index in [0.717, 1.165) is 4.88 Å². The van der Waals surface area contributed by atoms with Crippen molar-refractivity contribution in [3.63, 3.8) is 0 Å². The van der Waals surface area contributed by atoms with E-state index in [9.17, 15) is 19.2 Å². The van der Waals surface area contributed by atoms with Crippen molar-refractivity contribution < 1.29 is 28.7 Å². The molecule has 0 spiro atoms. The van der Waals surface area contributed by atoms with Crippen molar-refractivity contribution in [1.82, 2.24) is 10.6 Å². The molecule has 0 radical (unpaired) electrons. The highest BCUT2D eigenvalue weighted by Crippen LogP contribution is 2.33. The highest BCUT2D eigenvalue weighted by Gasteiger charge is 2.32. The van der Waals surface area contributed by atoms with E-state index in [2.05, 4.69) is 16.0 Å². The van der Waals surface area contributed by atoms with Gasteiger partial charge in [0.15, 0.2) is 0 Å². The van der Waals surface area contributed by atoms with Crippen LogP contribution in [0.25, 0.3) is 0 Å². The number of carbonyl (C=O) groups excluding carboxylic acids is 4. The van der Waals surface area contributed by atoms with E-state index in [1.807, 2.05) is 13.8 Å². The van der Waals surface area contributed by atoms with Crippen LogP contribution in [0.2, 0.25) is 0 Å². The Kier molecular flexibility index (Phi) is 7.38. The van der Waals surface area contributed by atoms with E-state index in [4.69, 9.17) is 9.47 Å². The SMILES string of the molecule is CCOC(=O)C1=C(COC(=O)c2c(NC(C)=O)sc(C)c2C)NC(=O)N[C@H]1CC. The monoisotopic (exact) mass is 423 g/mol. The van der Waals surface area contributed by atoms with Crippen molar-refractivity contribution in [2.45, 2.75) is 47.1 Å². The highest BCUT2D eigenvalue weighted by atomic mass is 32.1. The van der Waals surface area contributed by atoms with Crippen LogP contribution in [0.3, 0.4) is 0 Å². The van der Waals surface area contributed by atoms with Gasteiger partial charge in [0, 0.05) is 11.8 Å². The number of nitrogens with one attached hydrogen (secondary N) is 3. The molecule has 3 N–H and O–H groups in total. The Bertz CT molecular complexity index is 874. The zero-order valence-corrected chi connectivity index (χ0v) is 17.9. The van der Waals surface area contributed by atoms with Gasteiger partial charge in [0.05, 0.1) is 29.5 Å². The van der Waals surface area contributed by atoms with Crippen LogP contribution in [0.5, 0.6) is 0 Å². The highest BCUT2D eigenvalue weighted by molar-refractivity contribution is 7.16. The summed E-state index contributed by atoms with van der Waals surface area (Å²) in [4.78, 5) is 49.3. The number of carbonyl (C=O) groups is 4. The zero-order valence-electron chi connectivity index (χ0n) is 17.1. The van der Waals surface area contributed by atoms with Crippen LogP contribution in [-0.4, -0.2) is 43.1 Å². The lowest BCUT2D eigenvalue weighted by Crippen LogP contribution is -2.51. The first-order valence-electron chi connectivity index (χ1n) is 9.21. The van der Waals surface area contributed by atoms with Crippen LogP contribution in [0.1, 0.15) is 48.0 Å². The summed E-state index contributed by atoms with van der Waals surface area (Å²) < 4.78 is 10.5. The number of aryl methyl sites for hydroxylation is 1. The maximum absolute atomic E-state index is 12.7. The molecule has 3 amide bonds. The van der Waals surface area contributed by atoms with Crippen molar-refractivity contribution in [2.75, 3.05) is 18.5 Å². The van der Waals surface area contributed by atoms with E-state index in [1.54, 1.807) is 13.8 Å². The number of urea groups is 1. The van der Waals surface area contributed by atoms with E-state index >= 15 is 0 Å². The Labute approximate surface area is 172 Å². The molecular formula is C19H25N3O6S. The molecule has 1 aromatic heterocycles. The van der Waals surface area contributed by atoms with Gasteiger partial charge in [-0.15, -0.1) is 11.3 Å². The molecule has 158 valence electrons. The van der Waals surface area contributed by atoms with Crippen LogP contribution >= 0.6 is 11.3 Å². The van der Waals surface area contributed by atoms with Gasteiger partial charge in [0.25, 0.3) is 0 Å². The third-order valence-corrected chi connectivity index (χ3v) is 5.50. The summed E-state index contributed by atoms with van der Waals surface area (Å²) in [5.74, 6) is -1.55. The maximum Gasteiger partial charge on any atom is 0.341 e. The van der Waals surface area contributed by atoms with Crippen LogP contribution in [0, 0.1) is 13.8 Å². The summed E-state index contributed by atoms with van der Waals surface area (Å²) in [6, 6.07) is -1.03. The van der Waals surface area contributed by atoms with Crippen molar-refractivity contribution in [3.05, 3.63) is 27.3 Å². The molecule has 1 aromatic rings. The van der Waals surface area contributed by atoms with E-state index in [0.29, 0.717) is 17.0 Å². The number of hydrogen-bond donors (Lipinski definition) is 3. The Morgan fingerprint density at radius 2 is 1.83 bits per heavy atom. The maximum atomic E-state index is 12.7. The van der Waals surface area contributed by atoms with Crippen LogP contribution < -0.4 is 16.0 Å². The summed E-state index contributed by atoms with van der Waals surface area (Å²) >= 11 is 1.28. The van der Waals surface area contributed by atoms with Gasteiger partial charge in [-0.05, 0) is 32.8 Å². The van der Waals surface area contributed by atoms with Crippen molar-refractivity contribution in [3.8, 4) is 0 Å². The molecule has 9 nitrogen and oxygen atoms in total. The molecule has 0 bridgehead atoms. The molecule has 0 fully saturated rings. The third-order valence-electron chi connectivity index (χ3n) is 4.37. The summed E-state index contributed by atoms with van der Waals surface area (Å²) in [6.07, 6.45) is 0.467. The van der Waals surface area contributed by atoms with Gasteiger partial charge in [-0.1, -0.05) is 6.92 Å². The van der Waals surface area contributed by atoms with Crippen molar-refractivity contribution >= 4 is 40.2 Å². The summed E-state index contributed by atoms with van der Waals surface area (Å²) in [5.41, 5.74) is 1.36. The van der Waals surface area contributed by atoms with Gasteiger partial charge in [-0.3, -0.25) is 4.79 Å². The second-order valence-electron chi connectivity index (χ2n) is 6.42. The molecule has 2 rings (SSSR count). The van der Waals surface area contributed by atoms with Crippen LogP contribution in [0.4, 0.5) is 9.80 Å². The molecule has 1 aliphatic rings. The lowest BCUT2D eigenvalue weighted by molar-refractivity contribution is -0.139. The number of ether oxygens (including phenoxy) is 2. The fourth-order valence-corrected chi connectivity index (χ4v) is 4.00. The molecule has 29 heavy (non-hydrogen) atoms. The van der Waals surface area contributed by atoms with E-state index < -0.39 is 24.0 Å². The van der Waals surface area contributed by atoms with Crippen molar-refractivity contribution in [2.24, 2.45) is 0 Å².